The van der Waals surface area contributed by atoms with Gasteiger partial charge in [-0.1, -0.05) is 35.9 Å². The Balaban J connectivity index is 2.01. The van der Waals surface area contributed by atoms with Crippen LogP contribution in [0.4, 0.5) is 16.0 Å². The van der Waals surface area contributed by atoms with Gasteiger partial charge in [0.25, 0.3) is 0 Å². The molecule has 25 heavy (non-hydrogen) atoms. The number of aromatic nitrogens is 2. The zero-order valence-electron chi connectivity index (χ0n) is 13.4. The van der Waals surface area contributed by atoms with Crippen LogP contribution in [0.25, 0.3) is 0 Å². The Morgan fingerprint density at radius 3 is 2.24 bits per heavy atom. The summed E-state index contributed by atoms with van der Waals surface area (Å²) in [7, 11) is 1.61. The van der Waals surface area contributed by atoms with Crippen LogP contribution < -0.4 is 15.8 Å². The molecule has 3 rings (SSSR count). The molecular weight excluding hydrogens is 343 g/mol. The quantitative estimate of drug-likeness (QED) is 0.719. The molecule has 0 saturated heterocycles. The van der Waals surface area contributed by atoms with E-state index in [-0.39, 0.29) is 22.7 Å². The van der Waals surface area contributed by atoms with Crippen LogP contribution in [0.3, 0.4) is 0 Å². The first kappa shape index (κ1) is 17.0. The van der Waals surface area contributed by atoms with Crippen LogP contribution in [0.1, 0.15) is 17.2 Å². The van der Waals surface area contributed by atoms with E-state index in [9.17, 15) is 4.39 Å². The Hall–Kier alpha value is -2.86. The van der Waals surface area contributed by atoms with E-state index in [0.717, 1.165) is 16.9 Å². The van der Waals surface area contributed by atoms with E-state index in [1.54, 1.807) is 19.2 Å². The molecule has 0 bridgehead atoms. The summed E-state index contributed by atoms with van der Waals surface area (Å²) in [6.45, 7) is 0. The number of anilines is 2. The number of rotatable bonds is 5. The third kappa shape index (κ3) is 3.80. The molecule has 0 fully saturated rings. The van der Waals surface area contributed by atoms with Crippen molar-refractivity contribution in [1.29, 1.82) is 0 Å². The van der Waals surface area contributed by atoms with Crippen molar-refractivity contribution in [3.8, 4) is 5.75 Å². The van der Waals surface area contributed by atoms with E-state index >= 15 is 0 Å². The summed E-state index contributed by atoms with van der Waals surface area (Å²) >= 11 is 6.19. The lowest BCUT2D eigenvalue weighted by Gasteiger charge is -2.21. The number of methoxy groups -OCH3 is 1. The molecule has 1 aromatic heterocycles. The second-order valence-corrected chi connectivity index (χ2v) is 5.70. The normalized spacial score (nSPS) is 11.8. The van der Waals surface area contributed by atoms with Gasteiger partial charge in [-0.25, -0.2) is 14.4 Å². The van der Waals surface area contributed by atoms with E-state index in [1.807, 2.05) is 24.3 Å². The minimum absolute atomic E-state index is 0.187. The minimum Gasteiger partial charge on any atom is -0.497 e. The predicted molar refractivity (Wildman–Crippen MR) is 96.3 cm³/mol. The van der Waals surface area contributed by atoms with E-state index in [2.05, 4.69) is 15.3 Å². The highest BCUT2D eigenvalue weighted by molar-refractivity contribution is 6.35. The van der Waals surface area contributed by atoms with Crippen molar-refractivity contribution < 1.29 is 9.13 Å². The topological polar surface area (TPSA) is 73.1 Å². The second-order valence-electron chi connectivity index (χ2n) is 5.32. The summed E-state index contributed by atoms with van der Waals surface area (Å²) in [6.07, 6.45) is 1.33. The number of hydrogen-bond acceptors (Lipinski definition) is 5. The standard InChI is InChI=1S/C18H16ClFN4O/c1-25-14-8-4-12(5-9-14)16(11-2-6-13(20)7-3-11)24-18-15(19)17(21)22-10-23-18/h2-10,16H,1H3,(H3,21,22,23,24). The maximum atomic E-state index is 13.3. The lowest BCUT2D eigenvalue weighted by atomic mass is 9.98. The van der Waals surface area contributed by atoms with Crippen LogP contribution in [0.15, 0.2) is 54.9 Å². The molecule has 0 aliphatic carbocycles. The number of ether oxygens (including phenoxy) is 1. The number of hydrogen-bond donors (Lipinski definition) is 2. The van der Waals surface area contributed by atoms with Gasteiger partial charge < -0.3 is 15.8 Å². The van der Waals surface area contributed by atoms with Gasteiger partial charge in [0.05, 0.1) is 13.2 Å². The number of nitrogens with zero attached hydrogens (tertiary/aromatic N) is 2. The molecule has 7 heteroatoms. The van der Waals surface area contributed by atoms with Crippen LogP contribution in [0, 0.1) is 5.82 Å². The van der Waals surface area contributed by atoms with Gasteiger partial charge in [-0.15, -0.1) is 0 Å². The molecule has 3 N–H and O–H groups in total. The van der Waals surface area contributed by atoms with Crippen molar-refractivity contribution in [2.24, 2.45) is 0 Å². The van der Waals surface area contributed by atoms with Crippen LogP contribution >= 0.6 is 11.6 Å². The molecule has 0 aliphatic heterocycles. The fraction of sp³-hybridized carbons (Fsp3) is 0.111. The summed E-state index contributed by atoms with van der Waals surface area (Å²) in [5.41, 5.74) is 7.52. The second kappa shape index (κ2) is 7.36. The molecule has 0 spiro atoms. The van der Waals surface area contributed by atoms with Crippen LogP contribution in [-0.2, 0) is 0 Å². The molecule has 1 heterocycles. The van der Waals surface area contributed by atoms with Gasteiger partial charge in [0.2, 0.25) is 0 Å². The lowest BCUT2D eigenvalue weighted by molar-refractivity contribution is 0.414. The molecule has 5 nitrogen and oxygen atoms in total. The molecule has 3 aromatic rings. The summed E-state index contributed by atoms with van der Waals surface area (Å²) in [6, 6.07) is 13.4. The van der Waals surface area contributed by atoms with Gasteiger partial charge in [0.1, 0.15) is 28.7 Å². The van der Waals surface area contributed by atoms with Gasteiger partial charge in [-0.05, 0) is 35.4 Å². The number of nitrogens with two attached hydrogens (primary N) is 1. The molecular formula is C18H16ClFN4O. The predicted octanol–water partition coefficient (Wildman–Crippen LogP) is 4.06. The van der Waals surface area contributed by atoms with Crippen molar-refractivity contribution in [2.75, 3.05) is 18.2 Å². The SMILES string of the molecule is COc1ccc(C(Nc2ncnc(N)c2Cl)c2ccc(F)cc2)cc1. The first-order chi connectivity index (χ1) is 12.1. The Morgan fingerprint density at radius 1 is 1.04 bits per heavy atom. The van der Waals surface area contributed by atoms with E-state index in [4.69, 9.17) is 22.1 Å². The average Bonchev–Trinajstić information content (AvgIpc) is 2.64. The van der Waals surface area contributed by atoms with Gasteiger partial charge in [0, 0.05) is 0 Å². The highest BCUT2D eigenvalue weighted by Crippen LogP contribution is 2.31. The average molecular weight is 359 g/mol. The Bertz CT molecular complexity index is 856. The Labute approximate surface area is 149 Å². The van der Waals surface area contributed by atoms with Crippen molar-refractivity contribution in [3.05, 3.63) is 76.8 Å². The molecule has 0 amide bonds. The third-order valence-corrected chi connectivity index (χ3v) is 4.12. The fourth-order valence-corrected chi connectivity index (χ4v) is 2.58. The highest BCUT2D eigenvalue weighted by atomic mass is 35.5. The largest absolute Gasteiger partial charge is 0.497 e. The smallest absolute Gasteiger partial charge is 0.151 e. The minimum atomic E-state index is -0.307. The monoisotopic (exact) mass is 358 g/mol. The van der Waals surface area contributed by atoms with Crippen molar-refractivity contribution >= 4 is 23.2 Å². The number of benzene rings is 2. The summed E-state index contributed by atoms with van der Waals surface area (Å²) < 4.78 is 18.5. The third-order valence-electron chi connectivity index (χ3n) is 3.75. The number of halogens is 2. The Morgan fingerprint density at radius 2 is 1.64 bits per heavy atom. The first-order valence-electron chi connectivity index (χ1n) is 7.50. The van der Waals surface area contributed by atoms with Crippen LogP contribution in [0.5, 0.6) is 5.75 Å². The maximum Gasteiger partial charge on any atom is 0.151 e. The zero-order chi connectivity index (χ0) is 17.8. The molecule has 0 radical (unpaired) electrons. The van der Waals surface area contributed by atoms with Crippen molar-refractivity contribution in [1.82, 2.24) is 9.97 Å². The highest BCUT2D eigenvalue weighted by Gasteiger charge is 2.17. The van der Waals surface area contributed by atoms with Gasteiger partial charge in [-0.3, -0.25) is 0 Å². The summed E-state index contributed by atoms with van der Waals surface area (Å²) in [5, 5.41) is 3.49. The number of nitrogens with one attached hydrogen (secondary N) is 1. The van der Waals surface area contributed by atoms with Gasteiger partial charge in [-0.2, -0.15) is 0 Å². The first-order valence-corrected chi connectivity index (χ1v) is 7.88. The molecule has 0 aliphatic rings. The molecule has 0 saturated carbocycles. The Kier molecular flexibility index (Phi) is 5.00. The lowest BCUT2D eigenvalue weighted by Crippen LogP contribution is -2.14. The van der Waals surface area contributed by atoms with Gasteiger partial charge >= 0.3 is 0 Å². The number of nitrogen functional groups attached to an aromatic ring is 1. The maximum absolute atomic E-state index is 13.3. The van der Waals surface area contributed by atoms with Gasteiger partial charge in [0.15, 0.2) is 5.82 Å². The van der Waals surface area contributed by atoms with Crippen LogP contribution in [0.2, 0.25) is 5.02 Å². The summed E-state index contributed by atoms with van der Waals surface area (Å²) in [4.78, 5) is 8.00. The van der Waals surface area contributed by atoms with E-state index in [0.29, 0.717) is 5.82 Å². The van der Waals surface area contributed by atoms with E-state index < -0.39 is 0 Å². The molecule has 1 unspecified atom stereocenters. The zero-order valence-corrected chi connectivity index (χ0v) is 14.2. The molecule has 1 atom stereocenters. The van der Waals surface area contributed by atoms with Crippen LogP contribution in [-0.4, -0.2) is 17.1 Å². The molecule has 2 aromatic carbocycles. The van der Waals surface area contributed by atoms with E-state index in [1.165, 1.54) is 18.5 Å². The van der Waals surface area contributed by atoms with Crippen molar-refractivity contribution in [2.45, 2.75) is 6.04 Å². The fourth-order valence-electron chi connectivity index (χ4n) is 2.43. The molecule has 128 valence electrons. The van der Waals surface area contributed by atoms with Crippen molar-refractivity contribution in [3.63, 3.8) is 0 Å². The summed E-state index contributed by atoms with van der Waals surface area (Å²) in [5.74, 6) is 1.03.